The molecule has 2 heterocycles. The molecule has 7 heteroatoms. The predicted octanol–water partition coefficient (Wildman–Crippen LogP) is 1.28. The van der Waals surface area contributed by atoms with Crippen molar-refractivity contribution in [3.8, 4) is 5.75 Å². The molecule has 2 aliphatic heterocycles. The molecule has 7 nitrogen and oxygen atoms in total. The molecule has 1 aromatic carbocycles. The van der Waals surface area contributed by atoms with Gasteiger partial charge in [-0.2, -0.15) is 0 Å². The molecule has 26 heavy (non-hydrogen) atoms. The van der Waals surface area contributed by atoms with Crippen LogP contribution >= 0.6 is 0 Å². The van der Waals surface area contributed by atoms with E-state index in [0.717, 1.165) is 5.56 Å². The first-order valence-corrected chi connectivity index (χ1v) is 8.87. The summed E-state index contributed by atoms with van der Waals surface area (Å²) in [7, 11) is 0. The van der Waals surface area contributed by atoms with Crippen molar-refractivity contribution in [2.45, 2.75) is 27.2 Å². The molecule has 0 saturated carbocycles. The molecule has 0 unspecified atom stereocenters. The summed E-state index contributed by atoms with van der Waals surface area (Å²) in [5.41, 5.74) is 1.03. The first-order valence-electron chi connectivity index (χ1n) is 8.87. The van der Waals surface area contributed by atoms with Gasteiger partial charge in [0.15, 0.2) is 6.61 Å². The first kappa shape index (κ1) is 18.2. The number of ether oxygens (including phenoxy) is 1. The lowest BCUT2D eigenvalue weighted by atomic mass is 9.94. The van der Waals surface area contributed by atoms with Crippen LogP contribution in [0.5, 0.6) is 5.75 Å². The second-order valence-electron chi connectivity index (χ2n) is 7.77. The van der Waals surface area contributed by atoms with Crippen LogP contribution in [0.25, 0.3) is 0 Å². The number of nitrogens with zero attached hydrogens (tertiary/aromatic N) is 2. The molecule has 3 amide bonds. The molecule has 1 N–H and O–H groups in total. The molecule has 1 aromatic rings. The molecule has 3 rings (SSSR count). The first-order chi connectivity index (χ1) is 12.2. The van der Waals surface area contributed by atoms with Crippen LogP contribution in [0, 0.1) is 5.41 Å². The van der Waals surface area contributed by atoms with E-state index in [4.69, 9.17) is 4.74 Å². The Morgan fingerprint density at radius 1 is 1.12 bits per heavy atom. The summed E-state index contributed by atoms with van der Waals surface area (Å²) in [6.45, 7) is 7.97. The van der Waals surface area contributed by atoms with Gasteiger partial charge in [0, 0.05) is 31.6 Å². The van der Waals surface area contributed by atoms with Crippen molar-refractivity contribution in [1.29, 1.82) is 0 Å². The quantitative estimate of drug-likeness (QED) is 0.863. The molecule has 0 atom stereocenters. The fourth-order valence-electron chi connectivity index (χ4n) is 3.16. The fraction of sp³-hybridized carbons (Fsp3) is 0.526. The highest BCUT2D eigenvalue weighted by molar-refractivity contribution is 5.95. The SMILES string of the molecule is CC(C)(C)C(=O)N1CCN(C(=O)Cc2ccc3c(c2)NC(=O)CO3)CC1. The number of carbonyl (C=O) groups excluding carboxylic acids is 3. The maximum atomic E-state index is 12.6. The Morgan fingerprint density at radius 3 is 2.42 bits per heavy atom. The third kappa shape index (κ3) is 3.98. The lowest BCUT2D eigenvalue weighted by Gasteiger charge is -2.37. The minimum absolute atomic E-state index is 0.0167. The van der Waals surface area contributed by atoms with Crippen molar-refractivity contribution in [1.82, 2.24) is 9.80 Å². The van der Waals surface area contributed by atoms with E-state index in [9.17, 15) is 14.4 Å². The van der Waals surface area contributed by atoms with E-state index in [-0.39, 0.29) is 30.7 Å². The maximum absolute atomic E-state index is 12.6. The summed E-state index contributed by atoms with van der Waals surface area (Å²) in [6.07, 6.45) is 0.260. The van der Waals surface area contributed by atoms with E-state index in [0.29, 0.717) is 37.6 Å². The van der Waals surface area contributed by atoms with E-state index >= 15 is 0 Å². The average Bonchev–Trinajstić information content (AvgIpc) is 2.60. The van der Waals surface area contributed by atoms with Gasteiger partial charge >= 0.3 is 0 Å². The minimum Gasteiger partial charge on any atom is -0.482 e. The van der Waals surface area contributed by atoms with Gasteiger partial charge in [-0.25, -0.2) is 0 Å². The molecule has 140 valence electrons. The van der Waals surface area contributed by atoms with Crippen molar-refractivity contribution >= 4 is 23.4 Å². The highest BCUT2D eigenvalue weighted by Crippen LogP contribution is 2.28. The minimum atomic E-state index is -0.401. The third-order valence-electron chi connectivity index (χ3n) is 4.59. The highest BCUT2D eigenvalue weighted by atomic mass is 16.5. The number of hydrogen-bond donors (Lipinski definition) is 1. The molecule has 0 spiro atoms. The molecular formula is C19H25N3O4. The molecule has 0 aliphatic carbocycles. The molecule has 2 aliphatic rings. The number of piperazine rings is 1. The average molecular weight is 359 g/mol. The van der Waals surface area contributed by atoms with Crippen LogP contribution in [0.2, 0.25) is 0 Å². The van der Waals surface area contributed by atoms with Crippen molar-refractivity contribution in [3.05, 3.63) is 23.8 Å². The summed E-state index contributed by atoms with van der Waals surface area (Å²) in [6, 6.07) is 5.40. The number of fused-ring (bicyclic) bond motifs is 1. The number of amides is 3. The Balaban J connectivity index is 1.57. The zero-order valence-corrected chi connectivity index (χ0v) is 15.5. The number of rotatable bonds is 2. The van der Waals surface area contributed by atoms with Crippen LogP contribution in [0.3, 0.4) is 0 Å². The second-order valence-corrected chi connectivity index (χ2v) is 7.77. The van der Waals surface area contributed by atoms with Gasteiger partial charge in [0.2, 0.25) is 11.8 Å². The van der Waals surface area contributed by atoms with Crippen LogP contribution in [0.15, 0.2) is 18.2 Å². The van der Waals surface area contributed by atoms with E-state index in [1.807, 2.05) is 31.7 Å². The molecule has 1 saturated heterocycles. The number of carbonyl (C=O) groups is 3. The van der Waals surface area contributed by atoms with Gasteiger partial charge in [-0.3, -0.25) is 14.4 Å². The van der Waals surface area contributed by atoms with Gasteiger partial charge in [-0.05, 0) is 17.7 Å². The normalized spacial score (nSPS) is 17.3. The number of hydrogen-bond acceptors (Lipinski definition) is 4. The van der Waals surface area contributed by atoms with E-state index in [1.165, 1.54) is 0 Å². The zero-order valence-electron chi connectivity index (χ0n) is 15.5. The van der Waals surface area contributed by atoms with Gasteiger partial charge in [0.1, 0.15) is 5.75 Å². The second kappa shape index (κ2) is 6.97. The van der Waals surface area contributed by atoms with Gasteiger partial charge in [-0.15, -0.1) is 0 Å². The van der Waals surface area contributed by atoms with Crippen LogP contribution in [-0.2, 0) is 20.8 Å². The van der Waals surface area contributed by atoms with Crippen LogP contribution in [0.4, 0.5) is 5.69 Å². The lowest BCUT2D eigenvalue weighted by molar-refractivity contribution is -0.144. The number of benzene rings is 1. The largest absolute Gasteiger partial charge is 0.482 e. The van der Waals surface area contributed by atoms with Crippen LogP contribution in [0.1, 0.15) is 26.3 Å². The Morgan fingerprint density at radius 2 is 1.77 bits per heavy atom. The van der Waals surface area contributed by atoms with Crippen molar-refractivity contribution in [2.75, 3.05) is 38.1 Å². The van der Waals surface area contributed by atoms with Crippen LogP contribution < -0.4 is 10.1 Å². The molecular weight excluding hydrogens is 334 g/mol. The standard InChI is InChI=1S/C19H25N3O4/c1-19(2,3)18(25)22-8-6-21(7-9-22)17(24)11-13-4-5-15-14(10-13)20-16(23)12-26-15/h4-5,10H,6-9,11-12H2,1-3H3,(H,20,23). The summed E-state index contributed by atoms with van der Waals surface area (Å²) < 4.78 is 5.33. The van der Waals surface area contributed by atoms with Gasteiger partial charge < -0.3 is 19.9 Å². The summed E-state index contributed by atoms with van der Waals surface area (Å²) in [4.78, 5) is 39.9. The van der Waals surface area contributed by atoms with Crippen molar-refractivity contribution in [2.24, 2.45) is 5.41 Å². The van der Waals surface area contributed by atoms with Gasteiger partial charge in [0.25, 0.3) is 5.91 Å². The molecule has 0 radical (unpaired) electrons. The van der Waals surface area contributed by atoms with E-state index in [2.05, 4.69) is 5.32 Å². The highest BCUT2D eigenvalue weighted by Gasteiger charge is 2.30. The Bertz CT molecular complexity index is 731. The van der Waals surface area contributed by atoms with Crippen LogP contribution in [-0.4, -0.2) is 60.3 Å². The van der Waals surface area contributed by atoms with Gasteiger partial charge in [0.05, 0.1) is 12.1 Å². The molecule has 1 fully saturated rings. The zero-order chi connectivity index (χ0) is 18.9. The topological polar surface area (TPSA) is 79.0 Å². The molecule has 0 bridgehead atoms. The lowest BCUT2D eigenvalue weighted by Crippen LogP contribution is -2.53. The maximum Gasteiger partial charge on any atom is 0.262 e. The fourth-order valence-corrected chi connectivity index (χ4v) is 3.16. The van der Waals surface area contributed by atoms with Crippen molar-refractivity contribution in [3.63, 3.8) is 0 Å². The smallest absolute Gasteiger partial charge is 0.262 e. The summed E-state index contributed by atoms with van der Waals surface area (Å²) in [5, 5.41) is 2.75. The van der Waals surface area contributed by atoms with E-state index in [1.54, 1.807) is 17.0 Å². The third-order valence-corrected chi connectivity index (χ3v) is 4.59. The number of anilines is 1. The Kier molecular flexibility index (Phi) is 4.89. The Labute approximate surface area is 153 Å². The summed E-state index contributed by atoms with van der Waals surface area (Å²) >= 11 is 0. The van der Waals surface area contributed by atoms with Crippen molar-refractivity contribution < 1.29 is 19.1 Å². The number of nitrogens with one attached hydrogen (secondary N) is 1. The monoisotopic (exact) mass is 359 g/mol. The summed E-state index contributed by atoms with van der Waals surface area (Å²) in [5.74, 6) is 0.571. The Hall–Kier alpha value is -2.57. The predicted molar refractivity (Wildman–Crippen MR) is 96.9 cm³/mol. The van der Waals surface area contributed by atoms with E-state index < -0.39 is 5.41 Å². The van der Waals surface area contributed by atoms with Gasteiger partial charge in [-0.1, -0.05) is 26.8 Å². The molecule has 0 aromatic heterocycles.